The highest BCUT2D eigenvalue weighted by atomic mass is 35.5. The minimum Gasteiger partial charge on any atom is -0.368 e. The Kier molecular flexibility index (Phi) is 2.52. The maximum absolute atomic E-state index is 6.65. The number of hydrogen-bond acceptors (Lipinski definition) is 1. The lowest BCUT2D eigenvalue weighted by Gasteiger charge is -2.35. The first-order chi connectivity index (χ1) is 8.20. The van der Waals surface area contributed by atoms with Gasteiger partial charge < -0.3 is 4.74 Å². The molecule has 3 aliphatic carbocycles. The molecule has 0 spiro atoms. The van der Waals surface area contributed by atoms with Gasteiger partial charge >= 0.3 is 0 Å². The average molecular weight is 389 g/mol. The third kappa shape index (κ3) is 1.02. The van der Waals surface area contributed by atoms with Crippen LogP contribution in [0, 0.1) is 11.8 Å². The van der Waals surface area contributed by atoms with Gasteiger partial charge in [-0.05, 0) is 0 Å². The van der Waals surface area contributed by atoms with Gasteiger partial charge in [-0.25, -0.2) is 0 Å². The molecule has 2 bridgehead atoms. The number of rotatable bonds is 0. The topological polar surface area (TPSA) is 12.5 Å². The molecule has 0 aromatic heterocycles. The van der Waals surface area contributed by atoms with Gasteiger partial charge in [0.2, 0.25) is 0 Å². The van der Waals surface area contributed by atoms with Gasteiger partial charge in [0.25, 0.3) is 0 Å². The first-order valence-electron chi connectivity index (χ1n) is 5.32. The van der Waals surface area contributed by atoms with E-state index in [0.717, 1.165) is 0 Å². The second-order valence-corrected chi connectivity index (χ2v) is 8.97. The molecule has 4 rings (SSSR count). The van der Waals surface area contributed by atoms with Gasteiger partial charge in [0.05, 0.1) is 21.5 Å². The van der Waals surface area contributed by atoms with E-state index in [1.807, 2.05) is 0 Å². The maximum atomic E-state index is 6.65. The summed E-state index contributed by atoms with van der Waals surface area (Å²) in [5.74, 6) is -0.457. The van der Waals surface area contributed by atoms with Crippen molar-refractivity contribution in [3.8, 4) is 0 Å². The standard InChI is InChI=1S/C10H5Cl7O/c11-3-1-2(4-5(3)18-4)9(15)7(13)6(12)8(1,14)10(9,16)17/h1-5H/t1?,2?,3?,4-,5?,8?,9?/m0/s1. The molecule has 8 heteroatoms. The number of fused-ring (bicyclic) bond motifs is 7. The van der Waals surface area contributed by atoms with Crippen LogP contribution >= 0.6 is 81.2 Å². The van der Waals surface area contributed by atoms with E-state index >= 15 is 0 Å². The van der Waals surface area contributed by atoms with E-state index in [9.17, 15) is 0 Å². The predicted octanol–water partition coefficient (Wildman–Crippen LogP) is 4.45. The van der Waals surface area contributed by atoms with E-state index in [1.165, 1.54) is 0 Å². The quantitative estimate of drug-likeness (QED) is 0.441. The van der Waals surface area contributed by atoms with Crippen molar-refractivity contribution in [2.24, 2.45) is 11.8 Å². The average Bonchev–Trinajstić information content (AvgIpc) is 2.98. The van der Waals surface area contributed by atoms with E-state index in [-0.39, 0.29) is 39.5 Å². The highest BCUT2D eigenvalue weighted by Crippen LogP contribution is 2.81. The lowest BCUT2D eigenvalue weighted by atomic mass is 9.83. The Bertz CT molecular complexity index is 476. The van der Waals surface area contributed by atoms with Crippen molar-refractivity contribution in [3.05, 3.63) is 10.1 Å². The summed E-state index contributed by atoms with van der Waals surface area (Å²) in [6.07, 6.45) is -0.152. The number of alkyl halides is 5. The second-order valence-electron chi connectivity index (χ2n) is 5.19. The van der Waals surface area contributed by atoms with Crippen LogP contribution in [-0.4, -0.2) is 31.7 Å². The van der Waals surface area contributed by atoms with Crippen molar-refractivity contribution in [3.63, 3.8) is 0 Å². The van der Waals surface area contributed by atoms with Crippen LogP contribution in [0.3, 0.4) is 0 Å². The Morgan fingerprint density at radius 3 is 1.89 bits per heavy atom. The molecule has 1 heterocycles. The molecule has 4 aliphatic rings. The summed E-state index contributed by atoms with van der Waals surface area (Å²) < 4.78 is 4.00. The molecule has 1 nitrogen and oxygen atoms in total. The van der Waals surface area contributed by atoms with Crippen LogP contribution in [0.2, 0.25) is 0 Å². The second kappa shape index (κ2) is 3.38. The molecule has 1 aliphatic heterocycles. The summed E-state index contributed by atoms with van der Waals surface area (Å²) >= 11 is 45.0. The van der Waals surface area contributed by atoms with Crippen LogP contribution in [0.4, 0.5) is 0 Å². The molecule has 18 heavy (non-hydrogen) atoms. The number of hydrogen-bond donors (Lipinski definition) is 0. The van der Waals surface area contributed by atoms with Crippen LogP contribution in [-0.2, 0) is 4.74 Å². The molecular weight excluding hydrogens is 384 g/mol. The zero-order valence-electron chi connectivity index (χ0n) is 8.44. The fraction of sp³-hybridized carbons (Fsp3) is 0.800. The molecule has 0 N–H and O–H groups in total. The van der Waals surface area contributed by atoms with Gasteiger partial charge in [0.1, 0.15) is 15.9 Å². The minimum absolute atomic E-state index is 0.0608. The van der Waals surface area contributed by atoms with E-state index in [1.54, 1.807) is 0 Å². The van der Waals surface area contributed by atoms with Crippen LogP contribution in [0.5, 0.6) is 0 Å². The Balaban J connectivity index is 2.01. The molecule has 6 unspecified atom stereocenters. The highest BCUT2D eigenvalue weighted by molar-refractivity contribution is 6.66. The Labute approximate surface area is 139 Å². The van der Waals surface area contributed by atoms with Crippen molar-refractivity contribution in [1.82, 2.24) is 0 Å². The molecule has 0 amide bonds. The minimum atomic E-state index is -1.50. The summed E-state index contributed by atoms with van der Waals surface area (Å²) in [5, 5.41) is 0.111. The van der Waals surface area contributed by atoms with Crippen LogP contribution in [0.1, 0.15) is 0 Å². The molecule has 7 atom stereocenters. The summed E-state index contributed by atoms with van der Waals surface area (Å²) in [6.45, 7) is 0. The SMILES string of the molecule is ClC1=C(Cl)C2(Cl)C3C(C(Cl)C4O[C@H]43)C1(Cl)C2(Cl)Cl. The zero-order valence-corrected chi connectivity index (χ0v) is 13.7. The Hall–Kier alpha value is 1.73. The summed E-state index contributed by atoms with van der Waals surface area (Å²) in [5.41, 5.74) is 0. The van der Waals surface area contributed by atoms with Gasteiger partial charge in [-0.2, -0.15) is 0 Å². The molecule has 1 saturated heterocycles. The lowest BCUT2D eigenvalue weighted by molar-refractivity contribution is 0.204. The van der Waals surface area contributed by atoms with Crippen molar-refractivity contribution < 1.29 is 4.74 Å². The zero-order chi connectivity index (χ0) is 13.2. The van der Waals surface area contributed by atoms with Crippen molar-refractivity contribution >= 4 is 81.2 Å². The Morgan fingerprint density at radius 2 is 1.33 bits per heavy atom. The molecule has 100 valence electrons. The molecular formula is C10H5Cl7O. The van der Waals surface area contributed by atoms with Crippen LogP contribution < -0.4 is 0 Å². The van der Waals surface area contributed by atoms with E-state index in [2.05, 4.69) is 0 Å². The van der Waals surface area contributed by atoms with Crippen molar-refractivity contribution in [2.75, 3.05) is 0 Å². The normalized spacial score (nSPS) is 63.2. The number of ether oxygens (including phenoxy) is 1. The molecule has 0 aromatic carbocycles. The van der Waals surface area contributed by atoms with Crippen LogP contribution in [0.25, 0.3) is 0 Å². The first-order valence-corrected chi connectivity index (χ1v) is 8.02. The monoisotopic (exact) mass is 386 g/mol. The summed E-state index contributed by atoms with van der Waals surface area (Å²) in [6, 6.07) is 0. The van der Waals surface area contributed by atoms with Gasteiger partial charge in [0.15, 0.2) is 4.33 Å². The number of halogens is 7. The fourth-order valence-corrected chi connectivity index (χ4v) is 7.49. The molecule has 2 saturated carbocycles. The first kappa shape index (κ1) is 13.4. The highest BCUT2D eigenvalue weighted by Gasteiger charge is 2.89. The Morgan fingerprint density at radius 1 is 0.833 bits per heavy atom. The van der Waals surface area contributed by atoms with E-state index in [4.69, 9.17) is 85.9 Å². The number of epoxide rings is 1. The number of allylic oxidation sites excluding steroid dienone is 2. The molecule has 3 fully saturated rings. The summed E-state index contributed by atoms with van der Waals surface area (Å²) in [4.78, 5) is -2.48. The van der Waals surface area contributed by atoms with Gasteiger partial charge in [-0.3, -0.25) is 0 Å². The van der Waals surface area contributed by atoms with Gasteiger partial charge in [0, 0.05) is 11.8 Å². The lowest BCUT2D eigenvalue weighted by Crippen LogP contribution is -2.46. The third-order valence-corrected chi connectivity index (χ3v) is 9.44. The smallest absolute Gasteiger partial charge is 0.166 e. The fourth-order valence-electron chi connectivity index (χ4n) is 3.80. The summed E-state index contributed by atoms with van der Waals surface area (Å²) in [7, 11) is 0. The van der Waals surface area contributed by atoms with E-state index < -0.39 is 14.1 Å². The molecule has 0 aromatic rings. The van der Waals surface area contributed by atoms with Crippen molar-refractivity contribution in [1.29, 1.82) is 0 Å². The van der Waals surface area contributed by atoms with Gasteiger partial charge in [-0.1, -0.05) is 46.4 Å². The van der Waals surface area contributed by atoms with Gasteiger partial charge in [-0.15, -0.1) is 34.8 Å². The van der Waals surface area contributed by atoms with E-state index in [0.29, 0.717) is 0 Å². The third-order valence-electron chi connectivity index (χ3n) is 4.62. The van der Waals surface area contributed by atoms with Crippen molar-refractivity contribution in [2.45, 2.75) is 31.7 Å². The maximum Gasteiger partial charge on any atom is 0.166 e. The predicted molar refractivity (Wildman–Crippen MR) is 75.6 cm³/mol. The van der Waals surface area contributed by atoms with Crippen LogP contribution in [0.15, 0.2) is 10.1 Å². The largest absolute Gasteiger partial charge is 0.368 e. The molecule has 0 radical (unpaired) electrons.